The summed E-state index contributed by atoms with van der Waals surface area (Å²) < 4.78 is 1.92. The Balaban J connectivity index is 1.80. The minimum Gasteiger partial charge on any atom is -0.326 e. The Hall–Kier alpha value is -3.98. The first-order valence-corrected chi connectivity index (χ1v) is 10.1. The first kappa shape index (κ1) is 17.8. The van der Waals surface area contributed by atoms with Gasteiger partial charge in [0.05, 0.1) is 16.9 Å². The number of para-hydroxylation sites is 2. The number of fused-ring (bicyclic) bond motifs is 6. The fraction of sp³-hybridized carbons (Fsp3) is 0.0909. The van der Waals surface area contributed by atoms with Crippen LogP contribution in [0.3, 0.4) is 0 Å². The van der Waals surface area contributed by atoms with E-state index in [4.69, 9.17) is 17.3 Å². The highest BCUT2D eigenvalue weighted by molar-refractivity contribution is 7.71. The van der Waals surface area contributed by atoms with Crippen molar-refractivity contribution < 1.29 is 4.79 Å². The van der Waals surface area contributed by atoms with Crippen LogP contribution in [0.4, 0.5) is 17.3 Å². The molecule has 0 unspecified atom stereocenters. The number of benzene rings is 2. The summed E-state index contributed by atoms with van der Waals surface area (Å²) in [6, 6.07) is 17.0. The average Bonchev–Trinajstić information content (AvgIpc) is 3.23. The third-order valence-corrected chi connectivity index (χ3v) is 6.12. The lowest BCUT2D eigenvalue weighted by molar-refractivity contribution is -0.118. The van der Waals surface area contributed by atoms with E-state index in [1.54, 1.807) is 4.68 Å². The highest BCUT2D eigenvalue weighted by Gasteiger charge is 2.57. The topological polar surface area (TPSA) is 108 Å². The Morgan fingerprint density at radius 1 is 0.935 bits per heavy atom. The van der Waals surface area contributed by atoms with E-state index in [1.165, 1.54) is 0 Å². The van der Waals surface area contributed by atoms with Crippen LogP contribution in [0.15, 0.2) is 59.4 Å². The summed E-state index contributed by atoms with van der Waals surface area (Å²) in [7, 11) is 0. The van der Waals surface area contributed by atoms with Gasteiger partial charge >= 0.3 is 0 Å². The first-order valence-electron chi connectivity index (χ1n) is 9.72. The summed E-state index contributed by atoms with van der Waals surface area (Å²) in [5.41, 5.74) is 1.97. The molecule has 4 N–H and O–H groups in total. The third-order valence-electron chi connectivity index (χ3n) is 5.92. The maximum atomic E-state index is 13.7. The molecule has 2 aliphatic heterocycles. The van der Waals surface area contributed by atoms with Crippen molar-refractivity contribution in [3.8, 4) is 5.69 Å². The number of carbonyl (C=O) groups excluding carboxylic acids is 1. The van der Waals surface area contributed by atoms with Crippen LogP contribution in [-0.2, 0) is 10.2 Å². The molecule has 152 valence electrons. The molecule has 0 radical (unpaired) electrons. The van der Waals surface area contributed by atoms with Crippen LogP contribution in [0.5, 0.6) is 0 Å². The number of nitrogens with zero attached hydrogens (tertiary/aromatic N) is 2. The molecule has 0 fully saturated rings. The van der Waals surface area contributed by atoms with Crippen molar-refractivity contribution in [2.75, 3.05) is 10.6 Å². The van der Waals surface area contributed by atoms with Gasteiger partial charge in [0.15, 0.2) is 4.77 Å². The number of H-pyrrole nitrogens is 2. The maximum Gasteiger partial charge on any atom is 0.258 e. The molecule has 1 spiro atoms. The highest BCUT2D eigenvalue weighted by atomic mass is 32.1. The number of hydrogen-bond donors (Lipinski definition) is 4. The normalized spacial score (nSPS) is 18.2. The second-order valence-electron chi connectivity index (χ2n) is 7.59. The number of nitrogens with one attached hydrogen (secondary N) is 4. The molecular weight excluding hydrogens is 412 g/mol. The molecular formula is C22H16N6O2S. The van der Waals surface area contributed by atoms with Crippen molar-refractivity contribution >= 4 is 35.4 Å². The summed E-state index contributed by atoms with van der Waals surface area (Å²) >= 11 is 5.21. The van der Waals surface area contributed by atoms with Gasteiger partial charge in [-0.05, 0) is 37.3 Å². The number of rotatable bonds is 1. The molecule has 2 aromatic heterocycles. The lowest BCUT2D eigenvalue weighted by Crippen LogP contribution is -2.45. The van der Waals surface area contributed by atoms with Crippen molar-refractivity contribution in [1.29, 1.82) is 0 Å². The van der Waals surface area contributed by atoms with Gasteiger partial charge < -0.3 is 15.6 Å². The van der Waals surface area contributed by atoms with Crippen LogP contribution in [-0.4, -0.2) is 25.7 Å². The zero-order valence-corrected chi connectivity index (χ0v) is 17.1. The number of aryl methyl sites for hydroxylation is 1. The average molecular weight is 428 g/mol. The lowest BCUT2D eigenvalue weighted by Gasteiger charge is -2.34. The zero-order chi connectivity index (χ0) is 21.3. The molecule has 6 rings (SSSR count). The highest BCUT2D eigenvalue weighted by Crippen LogP contribution is 2.54. The van der Waals surface area contributed by atoms with Crippen molar-refractivity contribution in [1.82, 2.24) is 19.7 Å². The molecule has 0 bridgehead atoms. The van der Waals surface area contributed by atoms with Gasteiger partial charge in [0.2, 0.25) is 5.91 Å². The molecule has 0 aliphatic carbocycles. The summed E-state index contributed by atoms with van der Waals surface area (Å²) in [6.07, 6.45) is 0. The molecule has 4 aromatic rings. The molecule has 9 heteroatoms. The molecule has 31 heavy (non-hydrogen) atoms. The first-order chi connectivity index (χ1) is 15.0. The van der Waals surface area contributed by atoms with Gasteiger partial charge in [0.25, 0.3) is 5.56 Å². The Bertz CT molecular complexity index is 1520. The summed E-state index contributed by atoms with van der Waals surface area (Å²) in [5.74, 6) is 0.689. The van der Waals surface area contributed by atoms with Crippen LogP contribution in [0.2, 0.25) is 0 Å². The standard InChI is InChI=1S/C22H16N6O2S/c1-11-15-18(28(27-11)12-7-3-2-4-8-12)24-17-16(19(29)26-21(31)25-17)22(15)13-9-5-6-10-14(13)23-20(22)30/h2-10H,1H3,(H,23,30)(H3,24,25,26,29,31)/t22-/m1/s1. The second-order valence-corrected chi connectivity index (χ2v) is 8.00. The van der Waals surface area contributed by atoms with Crippen molar-refractivity contribution in [3.05, 3.63) is 92.1 Å². The Morgan fingerprint density at radius 2 is 1.68 bits per heavy atom. The smallest absolute Gasteiger partial charge is 0.258 e. The lowest BCUT2D eigenvalue weighted by atomic mass is 9.69. The molecule has 2 aliphatic rings. The molecule has 4 heterocycles. The van der Waals surface area contributed by atoms with Crippen molar-refractivity contribution in [2.45, 2.75) is 12.3 Å². The quantitative estimate of drug-likeness (QED) is 0.348. The van der Waals surface area contributed by atoms with Crippen LogP contribution in [0, 0.1) is 11.7 Å². The molecule has 1 amide bonds. The Kier molecular flexibility index (Phi) is 3.46. The Morgan fingerprint density at radius 3 is 2.48 bits per heavy atom. The van der Waals surface area contributed by atoms with Gasteiger partial charge in [-0.3, -0.25) is 14.6 Å². The third kappa shape index (κ3) is 2.18. The zero-order valence-electron chi connectivity index (χ0n) is 16.3. The summed E-state index contributed by atoms with van der Waals surface area (Å²) in [4.78, 5) is 32.6. The van der Waals surface area contributed by atoms with Gasteiger partial charge in [-0.15, -0.1) is 0 Å². The predicted octanol–water partition coefficient (Wildman–Crippen LogP) is 3.27. The van der Waals surface area contributed by atoms with E-state index >= 15 is 0 Å². The van der Waals surface area contributed by atoms with E-state index in [0.717, 1.165) is 5.69 Å². The molecule has 8 nitrogen and oxygen atoms in total. The van der Waals surface area contributed by atoms with Crippen molar-refractivity contribution in [3.63, 3.8) is 0 Å². The molecule has 0 saturated heterocycles. The SMILES string of the molecule is Cc1nn(-c2ccccc2)c2c1[C@@]1(C(=O)Nc3ccccc31)c1c([nH]c(=S)[nH]c1=O)N2. The molecule has 1 atom stereocenters. The van der Waals surface area contributed by atoms with Gasteiger partial charge in [-0.2, -0.15) is 5.10 Å². The fourth-order valence-corrected chi connectivity index (χ4v) is 4.98. The van der Waals surface area contributed by atoms with Crippen molar-refractivity contribution in [2.24, 2.45) is 0 Å². The summed E-state index contributed by atoms with van der Waals surface area (Å²) in [5, 5.41) is 11.0. The maximum absolute atomic E-state index is 13.7. The number of aromatic nitrogens is 4. The Labute approximate surface area is 181 Å². The second kappa shape index (κ2) is 6.02. The van der Waals surface area contributed by atoms with Gasteiger partial charge in [0.1, 0.15) is 17.1 Å². The number of amides is 1. The number of anilines is 3. The van der Waals surface area contributed by atoms with Crippen LogP contribution in [0.25, 0.3) is 5.69 Å². The van der Waals surface area contributed by atoms with Crippen LogP contribution in [0.1, 0.15) is 22.4 Å². The minimum atomic E-state index is -1.36. The minimum absolute atomic E-state index is 0.170. The fourth-order valence-electron chi connectivity index (χ4n) is 4.78. The monoisotopic (exact) mass is 428 g/mol. The van der Waals surface area contributed by atoms with Gasteiger partial charge in [-0.1, -0.05) is 36.4 Å². The van der Waals surface area contributed by atoms with E-state index in [1.807, 2.05) is 61.5 Å². The van der Waals surface area contributed by atoms with Crippen LogP contribution < -0.4 is 16.2 Å². The largest absolute Gasteiger partial charge is 0.326 e. The number of aromatic amines is 2. The van der Waals surface area contributed by atoms with E-state index < -0.39 is 11.0 Å². The molecule has 0 saturated carbocycles. The van der Waals surface area contributed by atoms with E-state index in [0.29, 0.717) is 34.1 Å². The molecule has 2 aromatic carbocycles. The predicted molar refractivity (Wildman–Crippen MR) is 119 cm³/mol. The van der Waals surface area contributed by atoms with E-state index in [2.05, 4.69) is 20.6 Å². The van der Waals surface area contributed by atoms with E-state index in [9.17, 15) is 9.59 Å². The number of carbonyl (C=O) groups is 1. The van der Waals surface area contributed by atoms with E-state index in [-0.39, 0.29) is 16.2 Å². The number of hydrogen-bond acceptors (Lipinski definition) is 5. The summed E-state index contributed by atoms with van der Waals surface area (Å²) in [6.45, 7) is 1.85. The van der Waals surface area contributed by atoms with Gasteiger partial charge in [-0.25, -0.2) is 4.68 Å². The van der Waals surface area contributed by atoms with Crippen LogP contribution >= 0.6 is 12.2 Å². The van der Waals surface area contributed by atoms with Gasteiger partial charge in [0, 0.05) is 16.8 Å².